The molecule has 0 saturated heterocycles. The van der Waals surface area contributed by atoms with Gasteiger partial charge < -0.3 is 19.3 Å². The van der Waals surface area contributed by atoms with Gasteiger partial charge in [0.15, 0.2) is 6.10 Å². The van der Waals surface area contributed by atoms with E-state index in [1.807, 2.05) is 19.0 Å². The van der Waals surface area contributed by atoms with Crippen molar-refractivity contribution < 1.29 is 37.6 Å². The maximum Gasteiger partial charge on any atom is 0.472 e. The van der Waals surface area contributed by atoms with Crippen molar-refractivity contribution in [3.05, 3.63) is 12.2 Å². The van der Waals surface area contributed by atoms with Crippen molar-refractivity contribution in [3.8, 4) is 0 Å². The predicted octanol–water partition coefficient (Wildman–Crippen LogP) is 11.7. The molecule has 51 heavy (non-hydrogen) atoms. The van der Waals surface area contributed by atoms with Gasteiger partial charge in [0.2, 0.25) is 0 Å². The molecule has 0 heterocycles. The van der Waals surface area contributed by atoms with E-state index in [4.69, 9.17) is 18.5 Å². The fourth-order valence-electron chi connectivity index (χ4n) is 5.80. The molecular formula is C41H80NO8P. The zero-order valence-electron chi connectivity index (χ0n) is 33.6. The molecule has 10 heteroatoms. The molecule has 1 N–H and O–H groups in total. The minimum Gasteiger partial charge on any atom is -0.462 e. The number of carbonyl (C=O) groups is 2. The van der Waals surface area contributed by atoms with Gasteiger partial charge in [0.25, 0.3) is 0 Å². The summed E-state index contributed by atoms with van der Waals surface area (Å²) < 4.78 is 33.4. The first-order valence-electron chi connectivity index (χ1n) is 21.0. The molecule has 0 aliphatic heterocycles. The fourth-order valence-corrected chi connectivity index (χ4v) is 6.54. The van der Waals surface area contributed by atoms with Crippen molar-refractivity contribution in [2.24, 2.45) is 0 Å². The van der Waals surface area contributed by atoms with Crippen LogP contribution in [0.3, 0.4) is 0 Å². The summed E-state index contributed by atoms with van der Waals surface area (Å²) in [6, 6.07) is 0. The van der Waals surface area contributed by atoms with Crippen molar-refractivity contribution >= 4 is 19.8 Å². The molecule has 0 spiro atoms. The molecule has 2 atom stereocenters. The number of hydrogen-bond donors (Lipinski definition) is 1. The monoisotopic (exact) mass is 746 g/mol. The number of unbranched alkanes of at least 4 members (excludes halogenated alkanes) is 23. The van der Waals surface area contributed by atoms with Crippen molar-refractivity contribution in [3.63, 3.8) is 0 Å². The van der Waals surface area contributed by atoms with Gasteiger partial charge in [-0.25, -0.2) is 4.57 Å². The summed E-state index contributed by atoms with van der Waals surface area (Å²) in [5.74, 6) is -0.805. The SMILES string of the molecule is CCCCCCCC/C=C/CCCCCCCC(=O)OC(COC(=O)CCCCCCCCCCCCCCC)COP(=O)(O)OCCN(C)C. The summed E-state index contributed by atoms with van der Waals surface area (Å²) in [7, 11) is -0.707. The number of hydrogen-bond acceptors (Lipinski definition) is 8. The van der Waals surface area contributed by atoms with Crippen LogP contribution in [0.2, 0.25) is 0 Å². The van der Waals surface area contributed by atoms with Gasteiger partial charge in [0.1, 0.15) is 6.61 Å². The van der Waals surface area contributed by atoms with Crippen molar-refractivity contribution in [2.45, 2.75) is 200 Å². The molecule has 0 aliphatic rings. The quantitative estimate of drug-likeness (QED) is 0.0284. The molecule has 0 rings (SSSR count). The van der Waals surface area contributed by atoms with Gasteiger partial charge in [-0.2, -0.15) is 0 Å². The van der Waals surface area contributed by atoms with Crippen LogP contribution in [-0.2, 0) is 32.7 Å². The second-order valence-corrected chi connectivity index (χ2v) is 16.0. The van der Waals surface area contributed by atoms with Gasteiger partial charge >= 0.3 is 19.8 Å². The Hall–Kier alpha value is -1.25. The lowest BCUT2D eigenvalue weighted by atomic mass is 10.0. The first-order chi connectivity index (χ1) is 24.7. The fraction of sp³-hybridized carbons (Fsp3) is 0.902. The third-order valence-electron chi connectivity index (χ3n) is 9.07. The molecule has 0 saturated carbocycles. The van der Waals surface area contributed by atoms with Crippen molar-refractivity contribution in [1.29, 1.82) is 0 Å². The van der Waals surface area contributed by atoms with E-state index in [-0.39, 0.29) is 25.6 Å². The first-order valence-corrected chi connectivity index (χ1v) is 22.5. The number of ether oxygens (including phenoxy) is 2. The largest absolute Gasteiger partial charge is 0.472 e. The Labute approximate surface area is 314 Å². The second kappa shape index (κ2) is 37.1. The smallest absolute Gasteiger partial charge is 0.462 e. The molecule has 0 bridgehead atoms. The van der Waals surface area contributed by atoms with E-state index in [0.717, 1.165) is 51.4 Å². The molecule has 0 aromatic carbocycles. The van der Waals surface area contributed by atoms with E-state index in [9.17, 15) is 19.0 Å². The predicted molar refractivity (Wildman–Crippen MR) is 211 cm³/mol. The number of nitrogens with zero attached hydrogens (tertiary/aromatic N) is 1. The van der Waals surface area contributed by atoms with Crippen LogP contribution in [0.1, 0.15) is 194 Å². The molecule has 0 aliphatic carbocycles. The maximum absolute atomic E-state index is 12.6. The summed E-state index contributed by atoms with van der Waals surface area (Å²) in [4.78, 5) is 36.9. The lowest BCUT2D eigenvalue weighted by Gasteiger charge is -2.20. The van der Waals surface area contributed by atoms with Crippen LogP contribution in [0.5, 0.6) is 0 Å². The Morgan fingerprint density at radius 3 is 1.45 bits per heavy atom. The van der Waals surface area contributed by atoms with E-state index in [2.05, 4.69) is 26.0 Å². The second-order valence-electron chi connectivity index (χ2n) is 14.5. The molecule has 0 radical (unpaired) electrons. The van der Waals surface area contributed by atoms with E-state index in [1.54, 1.807) is 0 Å². The average Bonchev–Trinajstić information content (AvgIpc) is 3.09. The third-order valence-corrected chi connectivity index (χ3v) is 10.1. The van der Waals surface area contributed by atoms with Gasteiger partial charge in [0.05, 0.1) is 13.2 Å². The van der Waals surface area contributed by atoms with Crippen molar-refractivity contribution in [2.75, 3.05) is 40.5 Å². The number of carbonyl (C=O) groups excluding carboxylic acids is 2. The third kappa shape index (κ3) is 38.3. The molecule has 9 nitrogen and oxygen atoms in total. The first kappa shape index (κ1) is 49.8. The van der Waals surface area contributed by atoms with Gasteiger partial charge in [-0.3, -0.25) is 18.6 Å². The molecule has 0 amide bonds. The number of rotatable bonds is 39. The number of phosphoric acid groups is 1. The number of likely N-dealkylation sites (N-methyl/N-ethyl adjacent to an activating group) is 1. The van der Waals surface area contributed by atoms with Crippen LogP contribution < -0.4 is 0 Å². The molecular weight excluding hydrogens is 665 g/mol. The Morgan fingerprint density at radius 2 is 1.00 bits per heavy atom. The Bertz CT molecular complexity index is 869. The van der Waals surface area contributed by atoms with Gasteiger partial charge in [-0.15, -0.1) is 0 Å². The van der Waals surface area contributed by atoms with E-state index >= 15 is 0 Å². The Kier molecular flexibility index (Phi) is 36.2. The summed E-state index contributed by atoms with van der Waals surface area (Å²) >= 11 is 0. The molecule has 0 fully saturated rings. The highest BCUT2D eigenvalue weighted by molar-refractivity contribution is 7.47. The van der Waals surface area contributed by atoms with Gasteiger partial charge in [-0.1, -0.05) is 154 Å². The number of phosphoric ester groups is 1. The van der Waals surface area contributed by atoms with Crippen LogP contribution in [-0.4, -0.2) is 68.3 Å². The lowest BCUT2D eigenvalue weighted by molar-refractivity contribution is -0.161. The standard InChI is InChI=1S/C41H80NO8P/c1-5-7-9-11-13-15-17-19-20-22-24-26-28-30-32-34-41(44)50-39(38-49-51(45,46)48-36-35-42(3)4)37-47-40(43)33-31-29-27-25-23-21-18-16-14-12-10-8-6-2/h19-20,39H,5-18,21-38H2,1-4H3,(H,45,46)/b20-19+. The van der Waals surface area contributed by atoms with Crippen molar-refractivity contribution in [1.82, 2.24) is 4.90 Å². The molecule has 2 unspecified atom stereocenters. The number of allylic oxidation sites excluding steroid dienone is 2. The summed E-state index contributed by atoms with van der Waals surface area (Å²) in [5.41, 5.74) is 0. The summed E-state index contributed by atoms with van der Waals surface area (Å²) in [6.07, 6.45) is 35.3. The minimum atomic E-state index is -4.35. The minimum absolute atomic E-state index is 0.00875. The zero-order valence-corrected chi connectivity index (χ0v) is 34.5. The molecule has 0 aromatic rings. The lowest BCUT2D eigenvalue weighted by Crippen LogP contribution is -2.29. The van der Waals surface area contributed by atoms with E-state index in [1.165, 1.54) is 109 Å². The van der Waals surface area contributed by atoms with Crippen LogP contribution in [0.15, 0.2) is 12.2 Å². The highest BCUT2D eigenvalue weighted by Gasteiger charge is 2.26. The normalized spacial score (nSPS) is 13.5. The highest BCUT2D eigenvalue weighted by atomic mass is 31.2. The highest BCUT2D eigenvalue weighted by Crippen LogP contribution is 2.43. The van der Waals surface area contributed by atoms with Gasteiger partial charge in [-0.05, 0) is 52.6 Å². The van der Waals surface area contributed by atoms with Crippen LogP contribution in [0.4, 0.5) is 0 Å². The Balaban J connectivity index is 4.31. The number of esters is 2. The topological polar surface area (TPSA) is 112 Å². The van der Waals surface area contributed by atoms with E-state index < -0.39 is 26.5 Å². The molecule has 302 valence electrons. The van der Waals surface area contributed by atoms with Crippen LogP contribution in [0.25, 0.3) is 0 Å². The Morgan fingerprint density at radius 1 is 0.588 bits per heavy atom. The van der Waals surface area contributed by atoms with Crippen LogP contribution in [0, 0.1) is 0 Å². The van der Waals surface area contributed by atoms with Gasteiger partial charge in [0, 0.05) is 19.4 Å². The maximum atomic E-state index is 12.6. The average molecular weight is 746 g/mol. The van der Waals surface area contributed by atoms with E-state index in [0.29, 0.717) is 19.4 Å². The zero-order chi connectivity index (χ0) is 37.7. The molecule has 0 aromatic heterocycles. The summed E-state index contributed by atoms with van der Waals surface area (Å²) in [6.45, 7) is 4.32. The summed E-state index contributed by atoms with van der Waals surface area (Å²) in [5, 5.41) is 0. The van der Waals surface area contributed by atoms with Crippen LogP contribution >= 0.6 is 7.82 Å².